The maximum Gasteiger partial charge on any atom is 0.234 e. The molecule has 0 aliphatic heterocycles. The van der Waals surface area contributed by atoms with Crippen molar-refractivity contribution in [1.29, 1.82) is 0 Å². The molecule has 0 fully saturated rings. The summed E-state index contributed by atoms with van der Waals surface area (Å²) in [5.74, 6) is -0.239. The fourth-order valence-corrected chi connectivity index (χ4v) is 2.49. The summed E-state index contributed by atoms with van der Waals surface area (Å²) in [6.45, 7) is 2.93. The lowest BCUT2D eigenvalue weighted by molar-refractivity contribution is -0.120. The number of nitrogens with two attached hydrogens (primary N) is 1. The van der Waals surface area contributed by atoms with Crippen LogP contribution in [0.2, 0.25) is 0 Å². The van der Waals surface area contributed by atoms with Crippen LogP contribution in [0.5, 0.6) is 0 Å². The molecule has 0 spiro atoms. The highest BCUT2D eigenvalue weighted by Gasteiger charge is 2.13. The minimum Gasteiger partial charge on any atom is -0.368 e. The number of hydrogen-bond acceptors (Lipinski definition) is 2. The Hall–Kier alpha value is -1.35. The van der Waals surface area contributed by atoms with Gasteiger partial charge in [-0.05, 0) is 12.0 Å². The first-order valence-electron chi connectivity index (χ1n) is 8.30. The van der Waals surface area contributed by atoms with E-state index in [-0.39, 0.29) is 11.9 Å². The number of carbonyl (C=O) groups excluding carboxylic acids is 1. The molecule has 118 valence electrons. The van der Waals surface area contributed by atoms with Crippen molar-refractivity contribution in [3.8, 4) is 0 Å². The number of hydrogen-bond donors (Lipinski definition) is 2. The molecule has 0 bridgehead atoms. The summed E-state index contributed by atoms with van der Waals surface area (Å²) in [5, 5.41) is 3.27. The van der Waals surface area contributed by atoms with Crippen molar-refractivity contribution in [2.75, 3.05) is 0 Å². The summed E-state index contributed by atoms with van der Waals surface area (Å²) in [5.41, 5.74) is 6.66. The Morgan fingerprint density at radius 3 is 2.29 bits per heavy atom. The Labute approximate surface area is 129 Å². The molecule has 0 saturated carbocycles. The molecule has 3 nitrogen and oxygen atoms in total. The smallest absolute Gasteiger partial charge is 0.234 e. The van der Waals surface area contributed by atoms with Gasteiger partial charge in [0.1, 0.15) is 0 Å². The third-order valence-electron chi connectivity index (χ3n) is 3.84. The van der Waals surface area contributed by atoms with Gasteiger partial charge in [-0.2, -0.15) is 0 Å². The summed E-state index contributed by atoms with van der Waals surface area (Å²) in [6, 6.07) is 9.91. The van der Waals surface area contributed by atoms with Crippen LogP contribution in [0.1, 0.15) is 63.9 Å². The van der Waals surface area contributed by atoms with Gasteiger partial charge in [0, 0.05) is 6.54 Å². The minimum absolute atomic E-state index is 0.208. The zero-order valence-corrected chi connectivity index (χ0v) is 13.3. The van der Waals surface area contributed by atoms with E-state index in [0.29, 0.717) is 6.54 Å². The van der Waals surface area contributed by atoms with Gasteiger partial charge in [0.2, 0.25) is 5.91 Å². The van der Waals surface area contributed by atoms with Gasteiger partial charge in [-0.15, -0.1) is 0 Å². The van der Waals surface area contributed by atoms with Gasteiger partial charge in [0.15, 0.2) is 0 Å². The number of nitrogens with one attached hydrogen (secondary N) is 1. The van der Waals surface area contributed by atoms with E-state index in [9.17, 15) is 4.79 Å². The first-order chi connectivity index (χ1) is 10.2. The van der Waals surface area contributed by atoms with Gasteiger partial charge in [0.25, 0.3) is 0 Å². The number of carbonyl (C=O) groups is 1. The quantitative estimate of drug-likeness (QED) is 0.576. The SMILES string of the molecule is CCCCCCCCCC(NCc1ccccc1)C(N)=O. The maximum absolute atomic E-state index is 11.5. The van der Waals surface area contributed by atoms with Crippen LogP contribution in [0.4, 0.5) is 0 Å². The van der Waals surface area contributed by atoms with Gasteiger partial charge >= 0.3 is 0 Å². The van der Waals surface area contributed by atoms with Crippen molar-refractivity contribution in [2.45, 2.75) is 70.9 Å². The largest absolute Gasteiger partial charge is 0.368 e. The highest BCUT2D eigenvalue weighted by Crippen LogP contribution is 2.10. The van der Waals surface area contributed by atoms with E-state index in [0.717, 1.165) is 12.8 Å². The van der Waals surface area contributed by atoms with Gasteiger partial charge in [0.05, 0.1) is 6.04 Å². The second-order valence-electron chi connectivity index (χ2n) is 5.73. The van der Waals surface area contributed by atoms with E-state index >= 15 is 0 Å². The molecule has 3 N–H and O–H groups in total. The van der Waals surface area contributed by atoms with Crippen LogP contribution in [0.15, 0.2) is 30.3 Å². The lowest BCUT2D eigenvalue weighted by Crippen LogP contribution is -2.40. The number of primary amides is 1. The predicted molar refractivity (Wildman–Crippen MR) is 88.9 cm³/mol. The predicted octanol–water partition coefficient (Wildman–Crippen LogP) is 3.77. The number of benzene rings is 1. The fourth-order valence-electron chi connectivity index (χ4n) is 2.49. The van der Waals surface area contributed by atoms with E-state index in [2.05, 4.69) is 24.4 Å². The molecule has 0 aromatic heterocycles. The molecule has 1 amide bonds. The Morgan fingerprint density at radius 1 is 1.05 bits per heavy atom. The molecule has 3 heteroatoms. The molecule has 1 rings (SSSR count). The molecule has 1 unspecified atom stereocenters. The molecular weight excluding hydrogens is 260 g/mol. The second kappa shape index (κ2) is 11.3. The number of amides is 1. The molecule has 1 aromatic rings. The summed E-state index contributed by atoms with van der Waals surface area (Å²) in [6.07, 6.45) is 9.65. The van der Waals surface area contributed by atoms with Crippen molar-refractivity contribution in [1.82, 2.24) is 5.32 Å². The molecule has 0 saturated heterocycles. The second-order valence-corrected chi connectivity index (χ2v) is 5.73. The summed E-state index contributed by atoms with van der Waals surface area (Å²) in [4.78, 5) is 11.5. The van der Waals surface area contributed by atoms with Crippen molar-refractivity contribution < 1.29 is 4.79 Å². The van der Waals surface area contributed by atoms with E-state index in [4.69, 9.17) is 5.73 Å². The number of unbranched alkanes of at least 4 members (excludes halogenated alkanes) is 6. The lowest BCUT2D eigenvalue weighted by Gasteiger charge is -2.15. The minimum atomic E-state index is -0.239. The Bertz CT molecular complexity index is 378. The standard InChI is InChI=1S/C18H30N2O/c1-2-3-4-5-6-7-11-14-17(18(19)21)20-15-16-12-9-8-10-13-16/h8-10,12-13,17,20H,2-7,11,14-15H2,1H3,(H2,19,21). The molecule has 0 aliphatic rings. The molecule has 0 aliphatic carbocycles. The summed E-state index contributed by atoms with van der Waals surface area (Å²) in [7, 11) is 0. The highest BCUT2D eigenvalue weighted by molar-refractivity contribution is 5.79. The van der Waals surface area contributed by atoms with Gasteiger partial charge in [-0.3, -0.25) is 4.79 Å². The summed E-state index contributed by atoms with van der Waals surface area (Å²) >= 11 is 0. The van der Waals surface area contributed by atoms with Crippen molar-refractivity contribution in [3.63, 3.8) is 0 Å². The highest BCUT2D eigenvalue weighted by atomic mass is 16.1. The van der Waals surface area contributed by atoms with Crippen LogP contribution < -0.4 is 11.1 Å². The fraction of sp³-hybridized carbons (Fsp3) is 0.611. The third-order valence-corrected chi connectivity index (χ3v) is 3.84. The third kappa shape index (κ3) is 8.51. The normalized spacial score (nSPS) is 12.2. The average molecular weight is 290 g/mol. The van der Waals surface area contributed by atoms with Gasteiger partial charge < -0.3 is 11.1 Å². The van der Waals surface area contributed by atoms with Crippen molar-refractivity contribution >= 4 is 5.91 Å². The molecule has 0 radical (unpaired) electrons. The van der Waals surface area contributed by atoms with Crippen LogP contribution in [0.3, 0.4) is 0 Å². The zero-order valence-electron chi connectivity index (χ0n) is 13.3. The van der Waals surface area contributed by atoms with Crippen LogP contribution >= 0.6 is 0 Å². The zero-order chi connectivity index (χ0) is 15.3. The van der Waals surface area contributed by atoms with E-state index in [1.165, 1.54) is 44.1 Å². The maximum atomic E-state index is 11.5. The van der Waals surface area contributed by atoms with Crippen LogP contribution in [-0.2, 0) is 11.3 Å². The average Bonchev–Trinajstić information content (AvgIpc) is 2.50. The van der Waals surface area contributed by atoms with E-state index in [1.807, 2.05) is 18.2 Å². The van der Waals surface area contributed by atoms with Crippen molar-refractivity contribution in [3.05, 3.63) is 35.9 Å². The Kier molecular flexibility index (Phi) is 9.55. The van der Waals surface area contributed by atoms with Crippen LogP contribution in [-0.4, -0.2) is 11.9 Å². The lowest BCUT2D eigenvalue weighted by atomic mass is 10.0. The topological polar surface area (TPSA) is 55.1 Å². The van der Waals surface area contributed by atoms with Crippen LogP contribution in [0.25, 0.3) is 0 Å². The molecular formula is C18H30N2O. The first kappa shape index (κ1) is 17.7. The summed E-state index contributed by atoms with van der Waals surface area (Å²) < 4.78 is 0. The van der Waals surface area contributed by atoms with Gasteiger partial charge in [-0.25, -0.2) is 0 Å². The van der Waals surface area contributed by atoms with Gasteiger partial charge in [-0.1, -0.05) is 82.2 Å². The first-order valence-corrected chi connectivity index (χ1v) is 8.30. The van der Waals surface area contributed by atoms with Crippen LogP contribution in [0, 0.1) is 0 Å². The molecule has 21 heavy (non-hydrogen) atoms. The van der Waals surface area contributed by atoms with Crippen molar-refractivity contribution in [2.24, 2.45) is 5.73 Å². The molecule has 0 heterocycles. The van der Waals surface area contributed by atoms with E-state index in [1.54, 1.807) is 0 Å². The Morgan fingerprint density at radius 2 is 1.67 bits per heavy atom. The van der Waals surface area contributed by atoms with E-state index < -0.39 is 0 Å². The number of rotatable bonds is 12. The Balaban J connectivity index is 2.17. The molecule has 1 atom stereocenters. The monoisotopic (exact) mass is 290 g/mol. The molecule has 1 aromatic carbocycles.